The van der Waals surface area contributed by atoms with E-state index < -0.39 is 0 Å². The van der Waals surface area contributed by atoms with Crippen molar-refractivity contribution in [2.45, 2.75) is 0 Å². The number of aromatic amines is 1. The maximum absolute atomic E-state index is 4.99. The second kappa shape index (κ2) is 7.85. The van der Waals surface area contributed by atoms with Crippen LogP contribution in [0.15, 0.2) is 109 Å². The van der Waals surface area contributed by atoms with Gasteiger partial charge in [-0.3, -0.25) is 4.98 Å². The number of rotatable bonds is 3. The Kier molecular flexibility index (Phi) is 4.39. The van der Waals surface area contributed by atoms with Crippen LogP contribution in [0.1, 0.15) is 0 Å². The highest BCUT2D eigenvalue weighted by molar-refractivity contribution is 6.13. The molecule has 0 bridgehead atoms. The van der Waals surface area contributed by atoms with Gasteiger partial charge >= 0.3 is 0 Å². The van der Waals surface area contributed by atoms with Crippen LogP contribution < -0.4 is 0 Å². The van der Waals surface area contributed by atoms with Crippen molar-refractivity contribution in [1.82, 2.24) is 24.9 Å². The Morgan fingerprint density at radius 3 is 2.34 bits per heavy atom. The zero-order valence-corrected chi connectivity index (χ0v) is 18.7. The number of pyridine rings is 2. The topological polar surface area (TPSA) is 67.3 Å². The summed E-state index contributed by atoms with van der Waals surface area (Å²) in [6.07, 6.45) is 3.63. The van der Waals surface area contributed by atoms with E-state index in [4.69, 9.17) is 9.97 Å². The van der Waals surface area contributed by atoms with E-state index in [9.17, 15) is 0 Å². The molecule has 3 aromatic carbocycles. The van der Waals surface area contributed by atoms with Gasteiger partial charge in [0, 0.05) is 39.6 Å². The smallest absolute Gasteiger partial charge is 0.179 e. The Labute approximate surface area is 201 Å². The standard InChI is InChI=1S/C30H19N5/c1-3-12-24-22(10-1)27-21(15-17-32-30(27)34-24)19-8-7-9-20(18-19)28-23-11-2-4-13-25(23)33-29(35-28)26-14-5-6-16-31-26/h1-18H,(H,32,34). The van der Waals surface area contributed by atoms with Gasteiger partial charge in [-0.15, -0.1) is 0 Å². The van der Waals surface area contributed by atoms with Crippen LogP contribution >= 0.6 is 0 Å². The lowest BCUT2D eigenvalue weighted by Crippen LogP contribution is -1.96. The molecule has 0 spiro atoms. The molecule has 1 N–H and O–H groups in total. The molecule has 0 saturated carbocycles. The first-order valence-electron chi connectivity index (χ1n) is 11.5. The Hall–Kier alpha value is -4.90. The van der Waals surface area contributed by atoms with Crippen LogP contribution in [0.4, 0.5) is 0 Å². The summed E-state index contributed by atoms with van der Waals surface area (Å²) in [5.74, 6) is 0.618. The summed E-state index contributed by atoms with van der Waals surface area (Å²) in [7, 11) is 0. The van der Waals surface area contributed by atoms with Crippen LogP contribution in [0, 0.1) is 0 Å². The number of H-pyrrole nitrogens is 1. The van der Waals surface area contributed by atoms with Crippen LogP contribution in [0.25, 0.3) is 66.7 Å². The fourth-order valence-corrected chi connectivity index (χ4v) is 4.75. The maximum Gasteiger partial charge on any atom is 0.179 e. The highest BCUT2D eigenvalue weighted by atomic mass is 14.9. The molecule has 4 heterocycles. The van der Waals surface area contributed by atoms with Gasteiger partial charge in [0.2, 0.25) is 0 Å². The lowest BCUT2D eigenvalue weighted by atomic mass is 9.97. The second-order valence-corrected chi connectivity index (χ2v) is 8.46. The average molecular weight is 450 g/mol. The second-order valence-electron chi connectivity index (χ2n) is 8.46. The predicted molar refractivity (Wildman–Crippen MR) is 141 cm³/mol. The Morgan fingerprint density at radius 1 is 0.600 bits per heavy atom. The number of benzene rings is 3. The molecule has 5 heteroatoms. The van der Waals surface area contributed by atoms with Crippen LogP contribution in [-0.2, 0) is 0 Å². The van der Waals surface area contributed by atoms with Crippen LogP contribution in [0.3, 0.4) is 0 Å². The van der Waals surface area contributed by atoms with E-state index >= 15 is 0 Å². The summed E-state index contributed by atoms with van der Waals surface area (Å²) in [4.78, 5) is 22.3. The Balaban J connectivity index is 1.46. The molecular formula is C30H19N5. The molecule has 5 nitrogen and oxygen atoms in total. The number of para-hydroxylation sites is 2. The van der Waals surface area contributed by atoms with Gasteiger partial charge in [0.15, 0.2) is 5.82 Å². The van der Waals surface area contributed by atoms with Gasteiger partial charge in [-0.1, -0.05) is 60.7 Å². The zero-order valence-electron chi connectivity index (χ0n) is 18.7. The van der Waals surface area contributed by atoms with Gasteiger partial charge in [-0.05, 0) is 47.5 Å². The summed E-state index contributed by atoms with van der Waals surface area (Å²) in [6.45, 7) is 0. The van der Waals surface area contributed by atoms with Crippen molar-refractivity contribution in [2.24, 2.45) is 0 Å². The third-order valence-electron chi connectivity index (χ3n) is 6.34. The molecule has 4 aromatic heterocycles. The number of aromatic nitrogens is 5. The van der Waals surface area contributed by atoms with Gasteiger partial charge < -0.3 is 4.98 Å². The SMILES string of the molecule is c1ccc(-c2nc(-c3cccc(-c4ccnc5[nH]c6ccccc6c45)c3)c3ccccc3n2)nc1. The maximum atomic E-state index is 4.99. The minimum Gasteiger partial charge on any atom is -0.339 e. The normalized spacial score (nSPS) is 11.4. The number of fused-ring (bicyclic) bond motifs is 4. The van der Waals surface area contributed by atoms with Gasteiger partial charge in [0.1, 0.15) is 11.3 Å². The summed E-state index contributed by atoms with van der Waals surface area (Å²) in [6, 6.07) is 32.9. The Bertz CT molecular complexity index is 1850. The highest BCUT2D eigenvalue weighted by Crippen LogP contribution is 2.36. The number of nitrogens with zero attached hydrogens (tertiary/aromatic N) is 4. The first kappa shape index (κ1) is 19.6. The van der Waals surface area contributed by atoms with Crippen molar-refractivity contribution in [3.8, 4) is 33.9 Å². The first-order valence-corrected chi connectivity index (χ1v) is 11.5. The molecule has 0 aliphatic heterocycles. The van der Waals surface area contributed by atoms with E-state index in [-0.39, 0.29) is 0 Å². The molecule has 0 saturated heterocycles. The van der Waals surface area contributed by atoms with Crippen molar-refractivity contribution in [3.63, 3.8) is 0 Å². The molecule has 0 amide bonds. The third kappa shape index (κ3) is 3.25. The predicted octanol–water partition coefficient (Wildman–Crippen LogP) is 7.06. The third-order valence-corrected chi connectivity index (χ3v) is 6.34. The lowest BCUT2D eigenvalue weighted by Gasteiger charge is -2.11. The van der Waals surface area contributed by atoms with Crippen LogP contribution in [-0.4, -0.2) is 24.9 Å². The fourth-order valence-electron chi connectivity index (χ4n) is 4.75. The molecule has 0 radical (unpaired) electrons. The minimum absolute atomic E-state index is 0.618. The molecule has 0 aliphatic carbocycles. The quantitative estimate of drug-likeness (QED) is 0.314. The fraction of sp³-hybridized carbons (Fsp3) is 0. The molecule has 0 aliphatic rings. The molecule has 0 unspecified atom stereocenters. The lowest BCUT2D eigenvalue weighted by molar-refractivity contribution is 1.18. The number of hydrogen-bond donors (Lipinski definition) is 1. The number of hydrogen-bond acceptors (Lipinski definition) is 4. The molecule has 0 fully saturated rings. The average Bonchev–Trinajstić information content (AvgIpc) is 3.32. The molecule has 164 valence electrons. The van der Waals surface area contributed by atoms with E-state index in [0.29, 0.717) is 5.82 Å². The highest BCUT2D eigenvalue weighted by Gasteiger charge is 2.15. The van der Waals surface area contributed by atoms with Crippen molar-refractivity contribution in [1.29, 1.82) is 0 Å². The summed E-state index contributed by atoms with van der Waals surface area (Å²) in [5, 5.41) is 3.30. The minimum atomic E-state index is 0.618. The van der Waals surface area contributed by atoms with Crippen molar-refractivity contribution in [2.75, 3.05) is 0 Å². The van der Waals surface area contributed by atoms with Crippen molar-refractivity contribution < 1.29 is 0 Å². The molecule has 7 aromatic rings. The van der Waals surface area contributed by atoms with E-state index in [1.54, 1.807) is 6.20 Å². The van der Waals surface area contributed by atoms with Gasteiger partial charge in [0.25, 0.3) is 0 Å². The van der Waals surface area contributed by atoms with Crippen LogP contribution in [0.5, 0.6) is 0 Å². The van der Waals surface area contributed by atoms with E-state index in [2.05, 4.69) is 69.5 Å². The summed E-state index contributed by atoms with van der Waals surface area (Å²) < 4.78 is 0. The van der Waals surface area contributed by atoms with E-state index in [1.807, 2.05) is 48.7 Å². The van der Waals surface area contributed by atoms with E-state index in [0.717, 1.165) is 55.5 Å². The largest absolute Gasteiger partial charge is 0.339 e. The Morgan fingerprint density at radius 2 is 1.43 bits per heavy atom. The zero-order chi connectivity index (χ0) is 23.2. The number of nitrogens with one attached hydrogen (secondary N) is 1. The van der Waals surface area contributed by atoms with Crippen molar-refractivity contribution >= 4 is 32.8 Å². The van der Waals surface area contributed by atoms with Gasteiger partial charge in [-0.2, -0.15) is 0 Å². The van der Waals surface area contributed by atoms with Crippen LogP contribution in [0.2, 0.25) is 0 Å². The van der Waals surface area contributed by atoms with Crippen molar-refractivity contribution in [3.05, 3.63) is 109 Å². The molecule has 0 atom stereocenters. The van der Waals surface area contributed by atoms with Gasteiger partial charge in [0.05, 0.1) is 11.2 Å². The first-order chi connectivity index (χ1) is 17.3. The molecule has 7 rings (SSSR count). The van der Waals surface area contributed by atoms with E-state index in [1.165, 1.54) is 5.39 Å². The monoisotopic (exact) mass is 449 g/mol. The summed E-state index contributed by atoms with van der Waals surface area (Å²) >= 11 is 0. The molecular weight excluding hydrogens is 430 g/mol. The molecule has 35 heavy (non-hydrogen) atoms. The summed E-state index contributed by atoms with van der Waals surface area (Å²) in [5.41, 5.74) is 7.79. The van der Waals surface area contributed by atoms with Gasteiger partial charge in [-0.25, -0.2) is 15.0 Å².